The Morgan fingerprint density at radius 3 is 2.37 bits per heavy atom. The van der Waals surface area contributed by atoms with Crippen molar-refractivity contribution in [1.29, 1.82) is 0 Å². The minimum Gasteiger partial charge on any atom is -0.340 e. The van der Waals surface area contributed by atoms with E-state index >= 15 is 0 Å². The van der Waals surface area contributed by atoms with Crippen molar-refractivity contribution in [2.75, 3.05) is 38.1 Å². The Morgan fingerprint density at radius 1 is 1.16 bits per heavy atom. The van der Waals surface area contributed by atoms with Crippen LogP contribution in [0.4, 0.5) is 0 Å². The second-order valence-electron chi connectivity index (χ2n) is 5.07. The highest BCUT2D eigenvalue weighted by Gasteiger charge is 2.20. The summed E-state index contributed by atoms with van der Waals surface area (Å²) in [4.78, 5) is 16.6. The van der Waals surface area contributed by atoms with Crippen LogP contribution >= 0.6 is 15.9 Å². The van der Waals surface area contributed by atoms with Crippen molar-refractivity contribution in [1.82, 2.24) is 9.80 Å². The fourth-order valence-corrected chi connectivity index (χ4v) is 2.83. The van der Waals surface area contributed by atoms with E-state index in [2.05, 4.69) is 39.9 Å². The van der Waals surface area contributed by atoms with Crippen LogP contribution in [0.25, 0.3) is 0 Å². The van der Waals surface area contributed by atoms with Crippen LogP contribution in [-0.2, 0) is 11.2 Å². The molecule has 0 atom stereocenters. The van der Waals surface area contributed by atoms with Crippen LogP contribution in [0, 0.1) is 6.92 Å². The van der Waals surface area contributed by atoms with E-state index in [0.29, 0.717) is 6.42 Å². The van der Waals surface area contributed by atoms with Crippen LogP contribution in [0.5, 0.6) is 0 Å². The number of carbonyl (C=O) groups is 1. The summed E-state index contributed by atoms with van der Waals surface area (Å²) in [6.45, 7) is 6.83. The molecule has 1 aromatic rings. The Morgan fingerprint density at radius 2 is 1.79 bits per heavy atom. The third-order valence-electron chi connectivity index (χ3n) is 3.60. The molecule has 0 unspecified atom stereocenters. The molecule has 0 radical (unpaired) electrons. The van der Waals surface area contributed by atoms with Crippen LogP contribution in [-0.4, -0.2) is 53.8 Å². The van der Waals surface area contributed by atoms with Crippen LogP contribution in [0.15, 0.2) is 24.3 Å². The predicted octanol–water partition coefficient (Wildman–Crippen LogP) is 2.08. The number of amides is 1. The molecule has 2 rings (SSSR count). The Hall–Kier alpha value is -0.870. The molecular weight excluding hydrogens is 304 g/mol. The number of benzene rings is 1. The molecule has 0 aliphatic carbocycles. The van der Waals surface area contributed by atoms with Gasteiger partial charge in [-0.25, -0.2) is 0 Å². The number of aryl methyl sites for hydroxylation is 1. The molecule has 1 saturated heterocycles. The fraction of sp³-hybridized carbons (Fsp3) is 0.533. The molecule has 0 spiro atoms. The first kappa shape index (κ1) is 14.5. The Kier molecular flexibility index (Phi) is 5.40. The van der Waals surface area contributed by atoms with E-state index in [4.69, 9.17) is 0 Å². The summed E-state index contributed by atoms with van der Waals surface area (Å²) in [6, 6.07) is 8.23. The lowest BCUT2D eigenvalue weighted by Gasteiger charge is -2.34. The second-order valence-corrected chi connectivity index (χ2v) is 5.87. The SMILES string of the molecule is Cc1ccc(CC(=O)N2CCN(CCBr)CC2)cc1. The Labute approximate surface area is 123 Å². The standard InChI is InChI=1S/C15H21BrN2O/c1-13-2-4-14(5-3-13)12-15(19)18-10-8-17(7-6-16)9-11-18/h2-5H,6-12H2,1H3. The minimum atomic E-state index is 0.252. The van der Waals surface area contributed by atoms with Gasteiger partial charge in [-0.3, -0.25) is 9.69 Å². The lowest BCUT2D eigenvalue weighted by Crippen LogP contribution is -2.49. The molecule has 3 nitrogen and oxygen atoms in total. The second kappa shape index (κ2) is 7.06. The van der Waals surface area contributed by atoms with E-state index in [-0.39, 0.29) is 5.91 Å². The number of carbonyl (C=O) groups excluding carboxylic acids is 1. The topological polar surface area (TPSA) is 23.6 Å². The van der Waals surface area contributed by atoms with E-state index in [9.17, 15) is 4.79 Å². The number of halogens is 1. The maximum atomic E-state index is 12.2. The van der Waals surface area contributed by atoms with Crippen molar-refractivity contribution in [2.45, 2.75) is 13.3 Å². The zero-order valence-electron chi connectivity index (χ0n) is 11.4. The highest BCUT2D eigenvalue weighted by atomic mass is 79.9. The van der Waals surface area contributed by atoms with Crippen LogP contribution in [0.3, 0.4) is 0 Å². The number of nitrogens with zero attached hydrogens (tertiary/aromatic N) is 2. The molecule has 1 heterocycles. The van der Waals surface area contributed by atoms with Crippen LogP contribution in [0.1, 0.15) is 11.1 Å². The molecular formula is C15H21BrN2O. The van der Waals surface area contributed by atoms with Gasteiger partial charge in [0.15, 0.2) is 0 Å². The molecule has 1 aliphatic heterocycles. The van der Waals surface area contributed by atoms with Gasteiger partial charge < -0.3 is 4.90 Å². The summed E-state index contributed by atoms with van der Waals surface area (Å²) in [7, 11) is 0. The Balaban J connectivity index is 1.83. The summed E-state index contributed by atoms with van der Waals surface area (Å²) in [6.07, 6.45) is 0.527. The van der Waals surface area contributed by atoms with Crippen molar-refractivity contribution < 1.29 is 4.79 Å². The van der Waals surface area contributed by atoms with Gasteiger partial charge in [0.25, 0.3) is 0 Å². The molecule has 1 aliphatic rings. The third kappa shape index (κ3) is 4.32. The van der Waals surface area contributed by atoms with Gasteiger partial charge in [-0.05, 0) is 12.5 Å². The van der Waals surface area contributed by atoms with Crippen molar-refractivity contribution >= 4 is 21.8 Å². The average Bonchev–Trinajstić information content (AvgIpc) is 2.42. The lowest BCUT2D eigenvalue weighted by atomic mass is 10.1. The van der Waals surface area contributed by atoms with Gasteiger partial charge in [-0.2, -0.15) is 0 Å². The molecule has 0 N–H and O–H groups in total. The largest absolute Gasteiger partial charge is 0.340 e. The van der Waals surface area contributed by atoms with Gasteiger partial charge >= 0.3 is 0 Å². The number of piperazine rings is 1. The first-order chi connectivity index (χ1) is 9.19. The van der Waals surface area contributed by atoms with Gasteiger partial charge in [0.1, 0.15) is 0 Å². The fourth-order valence-electron chi connectivity index (χ4n) is 2.33. The summed E-state index contributed by atoms with van der Waals surface area (Å²) < 4.78 is 0. The number of hydrogen-bond acceptors (Lipinski definition) is 2. The maximum Gasteiger partial charge on any atom is 0.227 e. The number of alkyl halides is 1. The van der Waals surface area contributed by atoms with Crippen molar-refractivity contribution in [3.8, 4) is 0 Å². The first-order valence-electron chi connectivity index (χ1n) is 6.80. The monoisotopic (exact) mass is 324 g/mol. The normalized spacial score (nSPS) is 16.6. The highest BCUT2D eigenvalue weighted by Crippen LogP contribution is 2.08. The summed E-state index contributed by atoms with van der Waals surface area (Å²) in [5.41, 5.74) is 2.35. The van der Waals surface area contributed by atoms with Gasteiger partial charge in [0.05, 0.1) is 6.42 Å². The quantitative estimate of drug-likeness (QED) is 0.792. The predicted molar refractivity (Wildman–Crippen MR) is 81.7 cm³/mol. The molecule has 1 amide bonds. The van der Waals surface area contributed by atoms with E-state index < -0.39 is 0 Å². The van der Waals surface area contributed by atoms with Crippen molar-refractivity contribution in [3.05, 3.63) is 35.4 Å². The smallest absolute Gasteiger partial charge is 0.227 e. The average molecular weight is 325 g/mol. The van der Waals surface area contributed by atoms with Crippen molar-refractivity contribution in [3.63, 3.8) is 0 Å². The maximum absolute atomic E-state index is 12.2. The zero-order valence-corrected chi connectivity index (χ0v) is 13.0. The summed E-state index contributed by atoms with van der Waals surface area (Å²) in [5.74, 6) is 0.252. The molecule has 104 valence electrons. The molecule has 1 fully saturated rings. The van der Waals surface area contributed by atoms with E-state index in [1.165, 1.54) is 5.56 Å². The van der Waals surface area contributed by atoms with Gasteiger partial charge in [0, 0.05) is 38.1 Å². The lowest BCUT2D eigenvalue weighted by molar-refractivity contribution is -0.132. The molecule has 19 heavy (non-hydrogen) atoms. The minimum absolute atomic E-state index is 0.252. The summed E-state index contributed by atoms with van der Waals surface area (Å²) in [5, 5.41) is 1.00. The van der Waals surface area contributed by atoms with Crippen molar-refractivity contribution in [2.24, 2.45) is 0 Å². The Bertz CT molecular complexity index is 411. The number of rotatable bonds is 4. The zero-order chi connectivity index (χ0) is 13.7. The van der Waals surface area contributed by atoms with Gasteiger partial charge in [0.2, 0.25) is 5.91 Å². The molecule has 0 aromatic heterocycles. The summed E-state index contributed by atoms with van der Waals surface area (Å²) >= 11 is 3.46. The highest BCUT2D eigenvalue weighted by molar-refractivity contribution is 9.09. The van der Waals surface area contributed by atoms with Gasteiger partial charge in [-0.1, -0.05) is 45.8 Å². The number of hydrogen-bond donors (Lipinski definition) is 0. The van der Waals surface area contributed by atoms with Gasteiger partial charge in [-0.15, -0.1) is 0 Å². The third-order valence-corrected chi connectivity index (χ3v) is 3.96. The molecule has 1 aromatic carbocycles. The van der Waals surface area contributed by atoms with Crippen LogP contribution < -0.4 is 0 Å². The first-order valence-corrected chi connectivity index (χ1v) is 7.93. The van der Waals surface area contributed by atoms with Crippen LogP contribution in [0.2, 0.25) is 0 Å². The van der Waals surface area contributed by atoms with E-state index in [1.807, 2.05) is 17.0 Å². The molecule has 0 bridgehead atoms. The molecule has 0 saturated carbocycles. The molecule has 4 heteroatoms. The van der Waals surface area contributed by atoms with E-state index in [1.54, 1.807) is 0 Å². The van der Waals surface area contributed by atoms with E-state index in [0.717, 1.165) is 43.6 Å².